The van der Waals surface area contributed by atoms with Crippen LogP contribution in [0.2, 0.25) is 0 Å². The van der Waals surface area contributed by atoms with Crippen LogP contribution in [-0.2, 0) is 11.2 Å². The van der Waals surface area contributed by atoms with E-state index in [4.69, 9.17) is 0 Å². The molecule has 0 spiro atoms. The van der Waals surface area contributed by atoms with Gasteiger partial charge >= 0.3 is 0 Å². The first-order chi connectivity index (χ1) is 8.48. The highest BCUT2D eigenvalue weighted by molar-refractivity contribution is 9.10. The Hall–Kier alpha value is -0.870. The van der Waals surface area contributed by atoms with Crippen molar-refractivity contribution in [1.82, 2.24) is 5.32 Å². The second-order valence-corrected chi connectivity index (χ2v) is 6.02. The van der Waals surface area contributed by atoms with Crippen molar-refractivity contribution in [3.8, 4) is 0 Å². The minimum atomic E-state index is -0.648. The van der Waals surface area contributed by atoms with Gasteiger partial charge in [-0.25, -0.2) is 0 Å². The Morgan fingerprint density at radius 3 is 2.78 bits per heavy atom. The molecule has 18 heavy (non-hydrogen) atoms. The molecule has 1 aliphatic rings. The first kappa shape index (κ1) is 13.6. The smallest absolute Gasteiger partial charge is 0.224 e. The summed E-state index contributed by atoms with van der Waals surface area (Å²) in [5, 5.41) is 12.7. The summed E-state index contributed by atoms with van der Waals surface area (Å²) in [6, 6.07) is 5.90. The molecule has 0 bridgehead atoms. The van der Waals surface area contributed by atoms with Gasteiger partial charge in [-0.05, 0) is 49.4 Å². The van der Waals surface area contributed by atoms with Gasteiger partial charge in [0.05, 0.1) is 12.0 Å². The monoisotopic (exact) mass is 311 g/mol. The number of benzene rings is 1. The number of amides is 1. The lowest BCUT2D eigenvalue weighted by atomic mass is 9.80. The number of hydrogen-bond acceptors (Lipinski definition) is 2. The Balaban J connectivity index is 1.87. The number of halogens is 1. The Kier molecular flexibility index (Phi) is 4.07. The summed E-state index contributed by atoms with van der Waals surface area (Å²) in [6.07, 6.45) is 3.02. The SMILES string of the molecule is Cc1cc(Br)ccc1CC(=O)NCC1(O)CCC1. The maximum atomic E-state index is 11.8. The van der Waals surface area contributed by atoms with Crippen LogP contribution in [0.5, 0.6) is 0 Å². The number of hydrogen-bond donors (Lipinski definition) is 2. The molecule has 1 amide bonds. The number of nitrogens with one attached hydrogen (secondary N) is 1. The molecule has 0 heterocycles. The van der Waals surface area contributed by atoms with Gasteiger partial charge in [0.25, 0.3) is 0 Å². The normalized spacial score (nSPS) is 17.1. The molecule has 0 radical (unpaired) electrons. The van der Waals surface area contributed by atoms with Gasteiger partial charge < -0.3 is 10.4 Å². The van der Waals surface area contributed by atoms with Gasteiger partial charge in [-0.1, -0.05) is 22.0 Å². The van der Waals surface area contributed by atoms with E-state index in [-0.39, 0.29) is 5.91 Å². The van der Waals surface area contributed by atoms with Gasteiger partial charge in [0.1, 0.15) is 0 Å². The maximum Gasteiger partial charge on any atom is 0.224 e. The third kappa shape index (κ3) is 3.33. The molecule has 1 aromatic carbocycles. The molecule has 0 aliphatic heterocycles. The molecule has 3 nitrogen and oxygen atoms in total. The molecule has 0 saturated heterocycles. The van der Waals surface area contributed by atoms with Crippen LogP contribution < -0.4 is 5.32 Å². The summed E-state index contributed by atoms with van der Waals surface area (Å²) in [5.74, 6) is -0.0271. The van der Waals surface area contributed by atoms with E-state index in [1.807, 2.05) is 25.1 Å². The Morgan fingerprint density at radius 1 is 1.50 bits per heavy atom. The van der Waals surface area contributed by atoms with E-state index in [1.54, 1.807) is 0 Å². The maximum absolute atomic E-state index is 11.8. The molecule has 1 aliphatic carbocycles. The average molecular weight is 312 g/mol. The summed E-state index contributed by atoms with van der Waals surface area (Å²) < 4.78 is 1.02. The van der Waals surface area contributed by atoms with E-state index in [0.29, 0.717) is 13.0 Å². The van der Waals surface area contributed by atoms with E-state index in [1.165, 1.54) is 0 Å². The largest absolute Gasteiger partial charge is 0.388 e. The molecule has 2 rings (SSSR count). The lowest BCUT2D eigenvalue weighted by Crippen LogP contribution is -2.48. The molecule has 4 heteroatoms. The van der Waals surface area contributed by atoms with E-state index in [2.05, 4.69) is 21.2 Å². The molecular formula is C14H18BrNO2. The van der Waals surface area contributed by atoms with Crippen molar-refractivity contribution < 1.29 is 9.90 Å². The zero-order valence-corrected chi connectivity index (χ0v) is 12.1. The fourth-order valence-electron chi connectivity index (χ4n) is 2.12. The molecule has 1 fully saturated rings. The van der Waals surface area contributed by atoms with Crippen LogP contribution in [-0.4, -0.2) is 23.2 Å². The van der Waals surface area contributed by atoms with Crippen molar-refractivity contribution in [3.63, 3.8) is 0 Å². The molecule has 98 valence electrons. The highest BCUT2D eigenvalue weighted by atomic mass is 79.9. The molecule has 1 aromatic rings. The Bertz CT molecular complexity index is 455. The van der Waals surface area contributed by atoms with Crippen LogP contribution in [0, 0.1) is 6.92 Å². The second-order valence-electron chi connectivity index (χ2n) is 5.10. The topological polar surface area (TPSA) is 49.3 Å². The molecule has 0 unspecified atom stereocenters. The van der Waals surface area contributed by atoms with Crippen LogP contribution in [0.25, 0.3) is 0 Å². The van der Waals surface area contributed by atoms with Gasteiger partial charge in [-0.2, -0.15) is 0 Å². The van der Waals surface area contributed by atoms with Crippen molar-refractivity contribution in [2.24, 2.45) is 0 Å². The lowest BCUT2D eigenvalue weighted by molar-refractivity contribution is -0.122. The fraction of sp³-hybridized carbons (Fsp3) is 0.500. The van der Waals surface area contributed by atoms with Gasteiger partial charge in [-0.15, -0.1) is 0 Å². The van der Waals surface area contributed by atoms with Crippen LogP contribution in [0.4, 0.5) is 0 Å². The quantitative estimate of drug-likeness (QED) is 0.896. The average Bonchev–Trinajstić information content (AvgIpc) is 2.28. The molecular weight excluding hydrogens is 294 g/mol. The number of carbonyl (C=O) groups is 1. The summed E-state index contributed by atoms with van der Waals surface area (Å²) in [6.45, 7) is 2.37. The highest BCUT2D eigenvalue weighted by Gasteiger charge is 2.34. The third-order valence-corrected chi connectivity index (χ3v) is 4.05. The van der Waals surface area contributed by atoms with Gasteiger partial charge in [0.2, 0.25) is 5.91 Å². The Morgan fingerprint density at radius 2 is 2.22 bits per heavy atom. The molecule has 2 N–H and O–H groups in total. The summed E-state index contributed by atoms with van der Waals surface area (Å²) in [4.78, 5) is 11.8. The number of rotatable bonds is 4. The lowest BCUT2D eigenvalue weighted by Gasteiger charge is -2.36. The van der Waals surface area contributed by atoms with Crippen molar-refractivity contribution in [2.75, 3.05) is 6.54 Å². The minimum Gasteiger partial charge on any atom is -0.388 e. The van der Waals surface area contributed by atoms with Gasteiger partial charge in [-0.3, -0.25) is 4.79 Å². The van der Waals surface area contributed by atoms with E-state index < -0.39 is 5.60 Å². The zero-order chi connectivity index (χ0) is 13.2. The minimum absolute atomic E-state index is 0.0271. The molecule has 0 aromatic heterocycles. The van der Waals surface area contributed by atoms with Crippen LogP contribution in [0.1, 0.15) is 30.4 Å². The second kappa shape index (κ2) is 5.41. The van der Waals surface area contributed by atoms with Crippen LogP contribution >= 0.6 is 15.9 Å². The van der Waals surface area contributed by atoms with Crippen LogP contribution in [0.3, 0.4) is 0 Å². The number of aliphatic hydroxyl groups is 1. The van der Waals surface area contributed by atoms with Crippen LogP contribution in [0.15, 0.2) is 22.7 Å². The number of carbonyl (C=O) groups excluding carboxylic acids is 1. The molecule has 0 atom stereocenters. The standard InChI is InChI=1S/C14H18BrNO2/c1-10-7-12(15)4-3-11(10)8-13(17)16-9-14(18)5-2-6-14/h3-4,7,18H,2,5-6,8-9H2,1H3,(H,16,17). The Labute approximate surface area is 116 Å². The number of aryl methyl sites for hydroxylation is 1. The first-order valence-corrected chi connectivity index (χ1v) is 7.02. The summed E-state index contributed by atoms with van der Waals surface area (Å²) >= 11 is 3.40. The summed E-state index contributed by atoms with van der Waals surface area (Å²) in [5.41, 5.74) is 1.47. The summed E-state index contributed by atoms with van der Waals surface area (Å²) in [7, 11) is 0. The third-order valence-electron chi connectivity index (χ3n) is 3.55. The van der Waals surface area contributed by atoms with Crippen molar-refractivity contribution in [2.45, 2.75) is 38.2 Å². The van der Waals surface area contributed by atoms with Crippen molar-refractivity contribution in [1.29, 1.82) is 0 Å². The molecule has 1 saturated carbocycles. The first-order valence-electron chi connectivity index (χ1n) is 6.23. The van der Waals surface area contributed by atoms with Crippen molar-refractivity contribution in [3.05, 3.63) is 33.8 Å². The van der Waals surface area contributed by atoms with E-state index >= 15 is 0 Å². The predicted molar refractivity (Wildman–Crippen MR) is 74.4 cm³/mol. The highest BCUT2D eigenvalue weighted by Crippen LogP contribution is 2.30. The van der Waals surface area contributed by atoms with Gasteiger partial charge in [0.15, 0.2) is 0 Å². The van der Waals surface area contributed by atoms with E-state index in [0.717, 1.165) is 34.9 Å². The zero-order valence-electron chi connectivity index (χ0n) is 10.5. The fourth-order valence-corrected chi connectivity index (χ4v) is 2.59. The van der Waals surface area contributed by atoms with Crippen molar-refractivity contribution >= 4 is 21.8 Å². The van der Waals surface area contributed by atoms with Gasteiger partial charge in [0, 0.05) is 11.0 Å². The van der Waals surface area contributed by atoms with E-state index in [9.17, 15) is 9.90 Å². The predicted octanol–water partition coefficient (Wildman–Crippen LogP) is 2.33.